The molecule has 0 spiro atoms. The van der Waals surface area contributed by atoms with Gasteiger partial charge in [-0.25, -0.2) is 9.97 Å². The lowest BCUT2D eigenvalue weighted by Gasteiger charge is -2.29. The standard InChI is InChI=1S/C24H29N7O/c1-31-8-6-19(7-9-31)28-23-15-25-14-21(29-23)20-10-17-11-22(27-13-18(17)12-26-20)30-24(32)16-4-2-3-5-16/h10-16,19H,2-9H2,1H3,(H,28,29)(H,27,30,32). The molecular formula is C24H29N7O. The van der Waals surface area contributed by atoms with Gasteiger partial charge < -0.3 is 15.5 Å². The highest BCUT2D eigenvalue weighted by Gasteiger charge is 2.23. The summed E-state index contributed by atoms with van der Waals surface area (Å²) < 4.78 is 0. The van der Waals surface area contributed by atoms with Gasteiger partial charge in [0.25, 0.3) is 0 Å². The van der Waals surface area contributed by atoms with E-state index in [9.17, 15) is 4.79 Å². The van der Waals surface area contributed by atoms with Crippen molar-refractivity contribution in [2.24, 2.45) is 5.92 Å². The molecule has 0 bridgehead atoms. The summed E-state index contributed by atoms with van der Waals surface area (Å²) in [6.45, 7) is 2.18. The van der Waals surface area contributed by atoms with Crippen LogP contribution in [0.4, 0.5) is 11.6 Å². The van der Waals surface area contributed by atoms with Crippen molar-refractivity contribution in [3.8, 4) is 11.4 Å². The molecule has 8 nitrogen and oxygen atoms in total. The third-order valence-electron chi connectivity index (χ3n) is 6.55. The number of fused-ring (bicyclic) bond motifs is 1. The van der Waals surface area contributed by atoms with E-state index in [0.29, 0.717) is 11.9 Å². The molecule has 8 heteroatoms. The molecule has 0 unspecified atom stereocenters. The molecule has 32 heavy (non-hydrogen) atoms. The molecule has 5 rings (SSSR count). The lowest BCUT2D eigenvalue weighted by atomic mass is 10.1. The highest BCUT2D eigenvalue weighted by molar-refractivity contribution is 5.94. The van der Waals surface area contributed by atoms with Gasteiger partial charge in [0.15, 0.2) is 0 Å². The zero-order valence-corrected chi connectivity index (χ0v) is 18.4. The van der Waals surface area contributed by atoms with E-state index in [1.807, 2.05) is 12.1 Å². The first-order valence-corrected chi connectivity index (χ1v) is 11.5. The summed E-state index contributed by atoms with van der Waals surface area (Å²) in [5, 5.41) is 8.38. The van der Waals surface area contributed by atoms with E-state index < -0.39 is 0 Å². The van der Waals surface area contributed by atoms with Crippen molar-refractivity contribution in [2.45, 2.75) is 44.6 Å². The van der Waals surface area contributed by atoms with Gasteiger partial charge in [-0.2, -0.15) is 0 Å². The summed E-state index contributed by atoms with van der Waals surface area (Å²) in [7, 11) is 2.16. The van der Waals surface area contributed by atoms with Gasteiger partial charge in [0, 0.05) is 29.7 Å². The molecule has 3 aromatic rings. The van der Waals surface area contributed by atoms with Crippen molar-refractivity contribution in [3.05, 3.63) is 36.9 Å². The van der Waals surface area contributed by atoms with E-state index in [1.54, 1.807) is 24.8 Å². The molecular weight excluding hydrogens is 402 g/mol. The number of amides is 1. The van der Waals surface area contributed by atoms with Gasteiger partial charge >= 0.3 is 0 Å². The van der Waals surface area contributed by atoms with E-state index in [4.69, 9.17) is 4.98 Å². The van der Waals surface area contributed by atoms with Crippen molar-refractivity contribution >= 4 is 28.3 Å². The second kappa shape index (κ2) is 9.16. The Morgan fingerprint density at radius 1 is 0.906 bits per heavy atom. The molecule has 2 aliphatic rings. The molecule has 1 saturated carbocycles. The Hall–Kier alpha value is -3.13. The third kappa shape index (κ3) is 4.70. The number of nitrogens with zero attached hydrogens (tertiary/aromatic N) is 5. The fourth-order valence-corrected chi connectivity index (χ4v) is 4.58. The SMILES string of the molecule is CN1CCC(Nc2cncc(-c3cc4cc(NC(=O)C5CCCC5)ncc4cn3)n2)CC1. The van der Waals surface area contributed by atoms with Crippen LogP contribution in [-0.2, 0) is 4.79 Å². The Kier molecular flexibility index (Phi) is 5.94. The zero-order chi connectivity index (χ0) is 21.9. The van der Waals surface area contributed by atoms with Crippen LogP contribution in [0.1, 0.15) is 38.5 Å². The molecule has 1 aliphatic heterocycles. The Morgan fingerprint density at radius 2 is 1.69 bits per heavy atom. The number of anilines is 2. The van der Waals surface area contributed by atoms with Crippen molar-refractivity contribution in [2.75, 3.05) is 30.8 Å². The predicted molar refractivity (Wildman–Crippen MR) is 125 cm³/mol. The molecule has 0 aromatic carbocycles. The van der Waals surface area contributed by atoms with E-state index in [0.717, 1.165) is 79.6 Å². The summed E-state index contributed by atoms with van der Waals surface area (Å²) in [4.78, 5) is 32.9. The molecule has 1 saturated heterocycles. The maximum Gasteiger partial charge on any atom is 0.228 e. The van der Waals surface area contributed by atoms with Gasteiger partial charge in [0.1, 0.15) is 17.3 Å². The van der Waals surface area contributed by atoms with Crippen LogP contribution in [0.3, 0.4) is 0 Å². The van der Waals surface area contributed by atoms with E-state index in [2.05, 4.69) is 37.5 Å². The minimum atomic E-state index is 0.0715. The Balaban J connectivity index is 1.34. The molecule has 0 radical (unpaired) electrons. The monoisotopic (exact) mass is 431 g/mol. The number of likely N-dealkylation sites (tertiary alicyclic amines) is 1. The van der Waals surface area contributed by atoms with Gasteiger partial charge in [-0.3, -0.25) is 14.8 Å². The van der Waals surface area contributed by atoms with Crippen LogP contribution in [0.2, 0.25) is 0 Å². The molecule has 166 valence electrons. The van der Waals surface area contributed by atoms with E-state index in [-0.39, 0.29) is 11.8 Å². The average molecular weight is 432 g/mol. The summed E-state index contributed by atoms with van der Waals surface area (Å²) in [5.41, 5.74) is 1.47. The molecule has 1 aliphatic carbocycles. The number of hydrogen-bond acceptors (Lipinski definition) is 7. The van der Waals surface area contributed by atoms with Crippen molar-refractivity contribution in [1.82, 2.24) is 24.8 Å². The number of rotatable bonds is 5. The van der Waals surface area contributed by atoms with Gasteiger partial charge in [0.05, 0.1) is 18.1 Å². The van der Waals surface area contributed by atoms with E-state index in [1.165, 1.54) is 0 Å². The lowest BCUT2D eigenvalue weighted by Crippen LogP contribution is -2.36. The number of hydrogen-bond donors (Lipinski definition) is 2. The molecule has 3 aromatic heterocycles. The second-order valence-corrected chi connectivity index (χ2v) is 8.97. The maximum atomic E-state index is 12.5. The van der Waals surface area contributed by atoms with Gasteiger partial charge in [-0.05, 0) is 63.3 Å². The molecule has 2 fully saturated rings. The first-order chi connectivity index (χ1) is 15.6. The number of carbonyl (C=O) groups excluding carboxylic acids is 1. The number of carbonyl (C=O) groups is 1. The fourth-order valence-electron chi connectivity index (χ4n) is 4.58. The van der Waals surface area contributed by atoms with Crippen LogP contribution in [0.15, 0.2) is 36.9 Å². The Labute approximate surface area is 187 Å². The number of nitrogens with one attached hydrogen (secondary N) is 2. The van der Waals surface area contributed by atoms with E-state index >= 15 is 0 Å². The normalized spacial score (nSPS) is 18.2. The highest BCUT2D eigenvalue weighted by Crippen LogP contribution is 2.27. The summed E-state index contributed by atoms with van der Waals surface area (Å²) in [6.07, 6.45) is 13.4. The predicted octanol–water partition coefficient (Wildman–Crippen LogP) is 3.72. The van der Waals surface area contributed by atoms with Gasteiger partial charge in [-0.1, -0.05) is 12.8 Å². The van der Waals surface area contributed by atoms with Crippen molar-refractivity contribution < 1.29 is 4.79 Å². The van der Waals surface area contributed by atoms with Crippen LogP contribution in [0, 0.1) is 5.92 Å². The topological polar surface area (TPSA) is 95.9 Å². The summed E-state index contributed by atoms with van der Waals surface area (Å²) >= 11 is 0. The molecule has 0 atom stereocenters. The summed E-state index contributed by atoms with van der Waals surface area (Å²) in [6, 6.07) is 4.30. The second-order valence-electron chi connectivity index (χ2n) is 8.97. The van der Waals surface area contributed by atoms with Crippen LogP contribution in [0.5, 0.6) is 0 Å². The molecule has 4 heterocycles. The van der Waals surface area contributed by atoms with Crippen LogP contribution >= 0.6 is 0 Å². The number of piperidine rings is 1. The fraction of sp³-hybridized carbons (Fsp3) is 0.458. The lowest BCUT2D eigenvalue weighted by molar-refractivity contribution is -0.119. The molecule has 1 amide bonds. The minimum Gasteiger partial charge on any atom is -0.366 e. The van der Waals surface area contributed by atoms with Crippen LogP contribution in [-0.4, -0.2) is 56.9 Å². The van der Waals surface area contributed by atoms with Gasteiger partial charge in [0.2, 0.25) is 5.91 Å². The Bertz CT molecular complexity index is 1100. The van der Waals surface area contributed by atoms with Crippen molar-refractivity contribution in [3.63, 3.8) is 0 Å². The number of pyridine rings is 2. The summed E-state index contributed by atoms with van der Waals surface area (Å²) in [5.74, 6) is 1.53. The first-order valence-electron chi connectivity index (χ1n) is 11.5. The first kappa shape index (κ1) is 20.8. The van der Waals surface area contributed by atoms with Gasteiger partial charge in [-0.15, -0.1) is 0 Å². The average Bonchev–Trinajstić information content (AvgIpc) is 3.36. The largest absolute Gasteiger partial charge is 0.366 e. The van der Waals surface area contributed by atoms with Crippen molar-refractivity contribution in [1.29, 1.82) is 0 Å². The Morgan fingerprint density at radius 3 is 2.50 bits per heavy atom. The number of aromatic nitrogens is 4. The zero-order valence-electron chi connectivity index (χ0n) is 18.4. The van der Waals surface area contributed by atoms with Crippen LogP contribution < -0.4 is 10.6 Å². The molecule has 2 N–H and O–H groups in total. The minimum absolute atomic E-state index is 0.0715. The van der Waals surface area contributed by atoms with Crippen LogP contribution in [0.25, 0.3) is 22.2 Å². The quantitative estimate of drug-likeness (QED) is 0.635. The third-order valence-corrected chi connectivity index (χ3v) is 6.55. The smallest absolute Gasteiger partial charge is 0.228 e. The maximum absolute atomic E-state index is 12.5. The highest BCUT2D eigenvalue weighted by atomic mass is 16.1.